The largest absolute Gasteiger partial charge is 0.349 e. The van der Waals surface area contributed by atoms with Gasteiger partial charge in [-0.15, -0.1) is 0 Å². The summed E-state index contributed by atoms with van der Waals surface area (Å²) >= 11 is 0. The molecule has 0 aliphatic rings. The second-order valence-corrected chi connectivity index (χ2v) is 8.94. The Kier molecular flexibility index (Phi) is 5.34. The number of hydrogen-bond acceptors (Lipinski definition) is 5. The number of fused-ring (bicyclic) bond motifs is 1. The van der Waals surface area contributed by atoms with Crippen molar-refractivity contribution in [3.05, 3.63) is 81.3 Å². The second kappa shape index (κ2) is 7.97. The molecule has 0 radical (unpaired) electrons. The number of benzene rings is 1. The van der Waals surface area contributed by atoms with Gasteiger partial charge in [-0.2, -0.15) is 0 Å². The van der Waals surface area contributed by atoms with E-state index in [4.69, 9.17) is 0 Å². The van der Waals surface area contributed by atoms with Gasteiger partial charge in [0, 0.05) is 38.7 Å². The molecule has 0 spiro atoms. The van der Waals surface area contributed by atoms with Gasteiger partial charge in [0.25, 0.3) is 5.56 Å². The fourth-order valence-electron chi connectivity index (χ4n) is 3.39. The Balaban J connectivity index is 1.56. The maximum atomic E-state index is 12.6. The molecule has 3 heterocycles. The molecule has 2 N–H and O–H groups in total. The first-order valence-electron chi connectivity index (χ1n) is 9.55. The van der Waals surface area contributed by atoms with Crippen molar-refractivity contribution in [3.8, 4) is 11.3 Å². The predicted octanol–water partition coefficient (Wildman–Crippen LogP) is 1.15. The summed E-state index contributed by atoms with van der Waals surface area (Å²) < 4.78 is 30.1. The minimum atomic E-state index is -3.65. The van der Waals surface area contributed by atoms with Gasteiger partial charge in [0.15, 0.2) is 0 Å². The van der Waals surface area contributed by atoms with E-state index in [2.05, 4.69) is 14.7 Å². The highest BCUT2D eigenvalue weighted by molar-refractivity contribution is 7.89. The van der Waals surface area contributed by atoms with Crippen LogP contribution in [0.4, 0.5) is 0 Å². The van der Waals surface area contributed by atoms with Crippen LogP contribution in [0.15, 0.2) is 69.3 Å². The summed E-state index contributed by atoms with van der Waals surface area (Å²) in [5, 5.41) is 0. The fraction of sp³-hybridized carbons (Fsp3) is 0.190. The molecule has 160 valence electrons. The summed E-state index contributed by atoms with van der Waals surface area (Å²) in [6.07, 6.45) is 3.89. The lowest BCUT2D eigenvalue weighted by atomic mass is 10.1. The van der Waals surface area contributed by atoms with Crippen molar-refractivity contribution >= 4 is 21.1 Å². The molecule has 0 atom stereocenters. The highest BCUT2D eigenvalue weighted by Gasteiger charge is 2.15. The summed E-state index contributed by atoms with van der Waals surface area (Å²) in [6.45, 7) is 0.271. The Morgan fingerprint density at radius 2 is 1.68 bits per heavy atom. The molecule has 0 aliphatic heterocycles. The summed E-state index contributed by atoms with van der Waals surface area (Å²) in [5.74, 6) is 0. The summed E-state index contributed by atoms with van der Waals surface area (Å²) in [6, 6.07) is 11.7. The molecule has 0 bridgehead atoms. The lowest BCUT2D eigenvalue weighted by molar-refractivity contribution is 0.581. The molecular formula is C21H21N5O4S. The normalized spacial score (nSPS) is 11.8. The zero-order chi connectivity index (χ0) is 22.2. The van der Waals surface area contributed by atoms with Gasteiger partial charge in [0.2, 0.25) is 10.0 Å². The smallest absolute Gasteiger partial charge is 0.331 e. The van der Waals surface area contributed by atoms with Crippen molar-refractivity contribution in [2.24, 2.45) is 14.1 Å². The number of rotatable bonds is 6. The van der Waals surface area contributed by atoms with Gasteiger partial charge in [-0.3, -0.25) is 18.9 Å². The average molecular weight is 439 g/mol. The van der Waals surface area contributed by atoms with Crippen molar-refractivity contribution in [3.63, 3.8) is 0 Å². The Hall–Kier alpha value is -3.50. The van der Waals surface area contributed by atoms with E-state index in [1.54, 1.807) is 37.6 Å². The Labute approximate surface area is 178 Å². The maximum absolute atomic E-state index is 12.6. The monoisotopic (exact) mass is 439 g/mol. The van der Waals surface area contributed by atoms with Gasteiger partial charge < -0.3 is 4.98 Å². The van der Waals surface area contributed by atoms with Gasteiger partial charge in [-0.1, -0.05) is 12.1 Å². The van der Waals surface area contributed by atoms with Crippen LogP contribution < -0.4 is 16.0 Å². The number of nitrogens with zero attached hydrogens (tertiary/aromatic N) is 3. The van der Waals surface area contributed by atoms with Crippen LogP contribution in [-0.4, -0.2) is 34.1 Å². The molecule has 0 aliphatic carbocycles. The van der Waals surface area contributed by atoms with Crippen LogP contribution in [0.5, 0.6) is 0 Å². The quantitative estimate of drug-likeness (QED) is 0.467. The number of aromatic amines is 1. The topological polar surface area (TPSA) is 119 Å². The molecule has 0 saturated carbocycles. The number of aromatic nitrogens is 4. The number of nitrogens with one attached hydrogen (secondary N) is 2. The summed E-state index contributed by atoms with van der Waals surface area (Å²) in [7, 11) is -0.638. The molecule has 3 aromatic heterocycles. The van der Waals surface area contributed by atoms with Crippen LogP contribution in [0, 0.1) is 0 Å². The molecule has 0 fully saturated rings. The van der Waals surface area contributed by atoms with Crippen LogP contribution >= 0.6 is 0 Å². The molecule has 0 amide bonds. The van der Waals surface area contributed by atoms with Crippen molar-refractivity contribution in [2.75, 3.05) is 6.54 Å². The summed E-state index contributed by atoms with van der Waals surface area (Å²) in [5.41, 5.74) is 2.27. The zero-order valence-corrected chi connectivity index (χ0v) is 17.8. The van der Waals surface area contributed by atoms with Crippen molar-refractivity contribution in [2.45, 2.75) is 11.3 Å². The maximum Gasteiger partial charge on any atom is 0.331 e. The lowest BCUT2D eigenvalue weighted by Crippen LogP contribution is -2.36. The van der Waals surface area contributed by atoms with Gasteiger partial charge in [0.05, 0.1) is 10.4 Å². The third-order valence-corrected chi connectivity index (χ3v) is 6.66. The average Bonchev–Trinajstić information content (AvgIpc) is 3.23. The van der Waals surface area contributed by atoms with Crippen molar-refractivity contribution < 1.29 is 8.42 Å². The molecule has 1 aromatic carbocycles. The second-order valence-electron chi connectivity index (χ2n) is 7.18. The molecule has 0 unspecified atom stereocenters. The third-order valence-electron chi connectivity index (χ3n) is 5.18. The molecular weight excluding hydrogens is 418 g/mol. The predicted molar refractivity (Wildman–Crippen MR) is 117 cm³/mol. The minimum Gasteiger partial charge on any atom is -0.349 e. The Morgan fingerprint density at radius 1 is 1.00 bits per heavy atom. The van der Waals surface area contributed by atoms with Gasteiger partial charge in [0.1, 0.15) is 5.52 Å². The van der Waals surface area contributed by atoms with Crippen molar-refractivity contribution in [1.82, 2.24) is 23.8 Å². The highest BCUT2D eigenvalue weighted by atomic mass is 32.2. The van der Waals surface area contributed by atoms with E-state index in [1.807, 2.05) is 12.1 Å². The van der Waals surface area contributed by atoms with Crippen LogP contribution in [0.3, 0.4) is 0 Å². The van der Waals surface area contributed by atoms with E-state index in [1.165, 1.54) is 23.7 Å². The van der Waals surface area contributed by atoms with E-state index < -0.39 is 21.3 Å². The molecule has 4 aromatic rings. The highest BCUT2D eigenvalue weighted by Crippen LogP contribution is 2.23. The Bertz CT molecular complexity index is 1470. The van der Waals surface area contributed by atoms with E-state index in [0.717, 1.165) is 10.1 Å². The number of aryl methyl sites for hydroxylation is 1. The number of hydrogen-bond donors (Lipinski definition) is 2. The van der Waals surface area contributed by atoms with Gasteiger partial charge in [-0.05, 0) is 47.9 Å². The van der Waals surface area contributed by atoms with E-state index in [9.17, 15) is 18.0 Å². The van der Waals surface area contributed by atoms with Crippen LogP contribution in [-0.2, 0) is 30.5 Å². The third kappa shape index (κ3) is 3.94. The number of pyridine rings is 1. The summed E-state index contributed by atoms with van der Waals surface area (Å²) in [4.78, 5) is 31.6. The first kappa shape index (κ1) is 20.8. The van der Waals surface area contributed by atoms with Crippen molar-refractivity contribution in [1.29, 1.82) is 0 Å². The SMILES string of the molecule is Cn1c(=O)c2[nH]c(-c3ccc(S(=O)(=O)NCCc4ccncc4)cc3)cc2n(C)c1=O. The first-order valence-corrected chi connectivity index (χ1v) is 11.0. The van der Waals surface area contributed by atoms with Crippen LogP contribution in [0.25, 0.3) is 22.3 Å². The fourth-order valence-corrected chi connectivity index (χ4v) is 4.42. The molecule has 0 saturated heterocycles. The van der Waals surface area contributed by atoms with E-state index >= 15 is 0 Å². The minimum absolute atomic E-state index is 0.144. The first-order chi connectivity index (χ1) is 14.8. The number of sulfonamides is 1. The zero-order valence-electron chi connectivity index (χ0n) is 17.0. The molecule has 10 heteroatoms. The van der Waals surface area contributed by atoms with Crippen LogP contribution in [0.2, 0.25) is 0 Å². The molecule has 31 heavy (non-hydrogen) atoms. The molecule has 4 rings (SSSR count). The molecule has 9 nitrogen and oxygen atoms in total. The Morgan fingerprint density at radius 3 is 2.35 bits per heavy atom. The number of H-pyrrole nitrogens is 1. The van der Waals surface area contributed by atoms with Crippen LogP contribution in [0.1, 0.15) is 5.56 Å². The van der Waals surface area contributed by atoms with E-state index in [-0.39, 0.29) is 11.4 Å². The standard InChI is InChI=1S/C21H21N5O4S/c1-25-18-13-17(24-19(18)20(27)26(2)21(25)28)15-3-5-16(6-4-15)31(29,30)23-12-9-14-7-10-22-11-8-14/h3-8,10-11,13,23-24H,9,12H2,1-2H3. The lowest BCUT2D eigenvalue weighted by Gasteiger charge is -2.07. The van der Waals surface area contributed by atoms with Gasteiger partial charge in [-0.25, -0.2) is 17.9 Å². The van der Waals surface area contributed by atoms with E-state index in [0.29, 0.717) is 28.7 Å². The van der Waals surface area contributed by atoms with Gasteiger partial charge >= 0.3 is 5.69 Å².